The molecular formula is C13H14N2O. The fourth-order valence-corrected chi connectivity index (χ4v) is 2.28. The number of fused-ring (bicyclic) bond motifs is 1. The number of Topliss-reactive ketones (excluding diaryl/α,β-unsaturated/α-hetero) is 1. The molecule has 0 aliphatic heterocycles. The molecule has 3 nitrogen and oxygen atoms in total. The highest BCUT2D eigenvalue weighted by Crippen LogP contribution is 2.42. The first-order chi connectivity index (χ1) is 7.66. The van der Waals surface area contributed by atoms with Crippen LogP contribution in [0.1, 0.15) is 41.7 Å². The maximum Gasteiger partial charge on any atom is 0.159 e. The molecule has 0 bridgehead atoms. The highest BCUT2D eigenvalue weighted by Gasteiger charge is 2.28. The molecule has 2 aromatic rings. The van der Waals surface area contributed by atoms with Crippen LogP contribution in [0.5, 0.6) is 0 Å². The van der Waals surface area contributed by atoms with Crippen LogP contribution in [0, 0.1) is 0 Å². The van der Waals surface area contributed by atoms with Crippen molar-refractivity contribution in [1.29, 1.82) is 0 Å². The van der Waals surface area contributed by atoms with E-state index in [0.717, 1.165) is 11.1 Å². The summed E-state index contributed by atoms with van der Waals surface area (Å²) in [6.07, 6.45) is 2.53. The van der Waals surface area contributed by atoms with Crippen molar-refractivity contribution in [1.82, 2.24) is 9.78 Å². The summed E-state index contributed by atoms with van der Waals surface area (Å²) >= 11 is 0. The van der Waals surface area contributed by atoms with Crippen LogP contribution in [0.3, 0.4) is 0 Å². The number of aromatic nitrogens is 2. The van der Waals surface area contributed by atoms with Gasteiger partial charge in [0.15, 0.2) is 5.78 Å². The lowest BCUT2D eigenvalue weighted by molar-refractivity contribution is 0.101. The van der Waals surface area contributed by atoms with Crippen LogP contribution < -0.4 is 0 Å². The average Bonchev–Trinajstić information content (AvgIpc) is 3.00. The number of hydrogen-bond acceptors (Lipinski definition) is 2. The van der Waals surface area contributed by atoms with Crippen molar-refractivity contribution >= 4 is 16.7 Å². The molecule has 0 spiro atoms. The van der Waals surface area contributed by atoms with Gasteiger partial charge in [0, 0.05) is 29.6 Å². The zero-order chi connectivity index (χ0) is 11.3. The minimum Gasteiger partial charge on any atom is -0.295 e. The van der Waals surface area contributed by atoms with E-state index in [1.807, 2.05) is 29.9 Å². The molecule has 0 N–H and O–H groups in total. The van der Waals surface area contributed by atoms with Crippen molar-refractivity contribution < 1.29 is 4.79 Å². The second-order valence-corrected chi connectivity index (χ2v) is 4.57. The maximum atomic E-state index is 11.3. The van der Waals surface area contributed by atoms with Gasteiger partial charge >= 0.3 is 0 Å². The van der Waals surface area contributed by atoms with Gasteiger partial charge in [0.05, 0.1) is 5.52 Å². The quantitative estimate of drug-likeness (QED) is 0.720. The smallest absolute Gasteiger partial charge is 0.159 e. The summed E-state index contributed by atoms with van der Waals surface area (Å²) in [6.45, 7) is 1.59. The average molecular weight is 214 g/mol. The summed E-state index contributed by atoms with van der Waals surface area (Å²) < 4.78 is 1.96. The van der Waals surface area contributed by atoms with E-state index in [2.05, 4.69) is 5.10 Å². The van der Waals surface area contributed by atoms with Gasteiger partial charge in [-0.3, -0.25) is 9.48 Å². The van der Waals surface area contributed by atoms with Crippen LogP contribution in [0.2, 0.25) is 0 Å². The van der Waals surface area contributed by atoms with Gasteiger partial charge in [-0.05, 0) is 25.8 Å². The molecule has 1 aromatic carbocycles. The Balaban J connectivity index is 2.23. The van der Waals surface area contributed by atoms with Gasteiger partial charge in [-0.1, -0.05) is 12.1 Å². The minimum absolute atomic E-state index is 0.0977. The summed E-state index contributed by atoms with van der Waals surface area (Å²) in [4.78, 5) is 11.3. The number of rotatable bonds is 2. The van der Waals surface area contributed by atoms with Crippen LogP contribution in [0.15, 0.2) is 18.2 Å². The molecule has 0 unspecified atom stereocenters. The van der Waals surface area contributed by atoms with E-state index in [-0.39, 0.29) is 5.78 Å². The molecule has 0 atom stereocenters. The molecule has 1 heterocycles. The monoisotopic (exact) mass is 214 g/mol. The van der Waals surface area contributed by atoms with Gasteiger partial charge in [-0.15, -0.1) is 0 Å². The first kappa shape index (κ1) is 9.58. The fraction of sp³-hybridized carbons (Fsp3) is 0.385. The minimum atomic E-state index is 0.0977. The van der Waals surface area contributed by atoms with E-state index in [1.54, 1.807) is 6.92 Å². The van der Waals surface area contributed by atoms with Gasteiger partial charge < -0.3 is 0 Å². The number of carbonyl (C=O) groups is 1. The molecule has 1 fully saturated rings. The van der Waals surface area contributed by atoms with Crippen LogP contribution in [-0.2, 0) is 7.05 Å². The largest absolute Gasteiger partial charge is 0.295 e. The number of nitrogens with zero attached hydrogens (tertiary/aromatic N) is 2. The zero-order valence-electron chi connectivity index (χ0n) is 9.53. The van der Waals surface area contributed by atoms with Gasteiger partial charge in [-0.25, -0.2) is 0 Å². The molecule has 1 aliphatic carbocycles. The SMILES string of the molecule is CC(=O)c1ccc2c(C3CC3)n(C)nc2c1. The number of ketones is 1. The zero-order valence-corrected chi connectivity index (χ0v) is 9.53. The molecule has 0 amide bonds. The van der Waals surface area contributed by atoms with Gasteiger partial charge in [0.1, 0.15) is 0 Å². The Morgan fingerprint density at radius 1 is 1.44 bits per heavy atom. The third kappa shape index (κ3) is 1.35. The van der Waals surface area contributed by atoms with Crippen molar-refractivity contribution in [3.05, 3.63) is 29.5 Å². The highest BCUT2D eigenvalue weighted by atomic mass is 16.1. The molecule has 82 valence electrons. The lowest BCUT2D eigenvalue weighted by Gasteiger charge is -1.99. The molecule has 1 aliphatic rings. The van der Waals surface area contributed by atoms with Crippen molar-refractivity contribution in [2.24, 2.45) is 7.05 Å². The van der Waals surface area contributed by atoms with Crippen molar-refractivity contribution in [3.8, 4) is 0 Å². The van der Waals surface area contributed by atoms with Crippen LogP contribution in [0.4, 0.5) is 0 Å². The summed E-state index contributed by atoms with van der Waals surface area (Å²) in [6, 6.07) is 5.83. The molecule has 0 saturated heterocycles. The lowest BCUT2D eigenvalue weighted by atomic mass is 10.1. The summed E-state index contributed by atoms with van der Waals surface area (Å²) in [5.74, 6) is 0.777. The Labute approximate surface area is 94.1 Å². The third-order valence-electron chi connectivity index (χ3n) is 3.25. The predicted molar refractivity (Wildman–Crippen MR) is 62.7 cm³/mol. The number of aryl methyl sites for hydroxylation is 1. The van der Waals surface area contributed by atoms with Gasteiger partial charge in [0.25, 0.3) is 0 Å². The van der Waals surface area contributed by atoms with Gasteiger partial charge in [0.2, 0.25) is 0 Å². The Kier molecular flexibility index (Phi) is 1.90. The topological polar surface area (TPSA) is 34.9 Å². The molecule has 3 rings (SSSR count). The second kappa shape index (κ2) is 3.17. The molecular weight excluding hydrogens is 200 g/mol. The van der Waals surface area contributed by atoms with Crippen molar-refractivity contribution in [2.75, 3.05) is 0 Å². The summed E-state index contributed by atoms with van der Waals surface area (Å²) in [5.41, 5.74) is 3.01. The number of carbonyl (C=O) groups excluding carboxylic acids is 1. The standard InChI is InChI=1S/C13H14N2O/c1-8(16)10-5-6-11-12(7-10)14-15(2)13(11)9-3-4-9/h5-7,9H,3-4H2,1-2H3. The molecule has 1 aromatic heterocycles. The van der Waals surface area contributed by atoms with E-state index in [4.69, 9.17) is 0 Å². The molecule has 16 heavy (non-hydrogen) atoms. The Morgan fingerprint density at radius 3 is 2.81 bits per heavy atom. The van der Waals surface area contributed by atoms with E-state index < -0.39 is 0 Å². The second-order valence-electron chi connectivity index (χ2n) is 4.57. The Morgan fingerprint density at radius 2 is 2.19 bits per heavy atom. The van der Waals surface area contributed by atoms with Crippen molar-refractivity contribution in [3.63, 3.8) is 0 Å². The molecule has 1 saturated carbocycles. The van der Waals surface area contributed by atoms with Crippen LogP contribution >= 0.6 is 0 Å². The Hall–Kier alpha value is -1.64. The third-order valence-corrected chi connectivity index (χ3v) is 3.25. The normalized spacial score (nSPS) is 15.6. The van der Waals surface area contributed by atoms with E-state index in [0.29, 0.717) is 5.92 Å². The van der Waals surface area contributed by atoms with Crippen molar-refractivity contribution in [2.45, 2.75) is 25.7 Å². The van der Waals surface area contributed by atoms with E-state index >= 15 is 0 Å². The Bertz CT molecular complexity index is 579. The van der Waals surface area contributed by atoms with Gasteiger partial charge in [-0.2, -0.15) is 5.10 Å². The summed E-state index contributed by atoms with van der Waals surface area (Å²) in [7, 11) is 1.99. The maximum absolute atomic E-state index is 11.3. The summed E-state index contributed by atoms with van der Waals surface area (Å²) in [5, 5.41) is 5.69. The number of hydrogen-bond donors (Lipinski definition) is 0. The fourth-order valence-electron chi connectivity index (χ4n) is 2.28. The van der Waals surface area contributed by atoms with E-state index in [1.165, 1.54) is 23.9 Å². The first-order valence-corrected chi connectivity index (χ1v) is 5.64. The first-order valence-electron chi connectivity index (χ1n) is 5.64. The van der Waals surface area contributed by atoms with Crippen LogP contribution in [0.25, 0.3) is 10.9 Å². The molecule has 3 heteroatoms. The predicted octanol–water partition coefficient (Wildman–Crippen LogP) is 2.65. The molecule has 0 radical (unpaired) electrons. The number of benzene rings is 1. The van der Waals surface area contributed by atoms with E-state index in [9.17, 15) is 4.79 Å². The van der Waals surface area contributed by atoms with Crippen LogP contribution in [-0.4, -0.2) is 15.6 Å². The lowest BCUT2D eigenvalue weighted by Crippen LogP contribution is -1.95. The highest BCUT2D eigenvalue weighted by molar-refractivity contribution is 5.98.